The van der Waals surface area contributed by atoms with Crippen molar-refractivity contribution in [2.45, 2.75) is 19.4 Å². The predicted molar refractivity (Wildman–Crippen MR) is 104 cm³/mol. The number of carbonyl (C=O) groups excluding carboxylic acids is 1. The summed E-state index contributed by atoms with van der Waals surface area (Å²) >= 11 is 1.53. The van der Waals surface area contributed by atoms with E-state index in [0.29, 0.717) is 23.7 Å². The molecule has 0 spiro atoms. The van der Waals surface area contributed by atoms with Crippen LogP contribution in [0.25, 0.3) is 10.2 Å². The van der Waals surface area contributed by atoms with Crippen molar-refractivity contribution in [3.05, 3.63) is 47.0 Å². The van der Waals surface area contributed by atoms with Gasteiger partial charge in [0.2, 0.25) is 5.75 Å². The molecule has 0 radical (unpaired) electrons. The fourth-order valence-corrected chi connectivity index (χ4v) is 3.60. The largest absolute Gasteiger partial charge is 0.493 e. The molecule has 27 heavy (non-hydrogen) atoms. The Hall–Kier alpha value is -2.80. The third-order valence-electron chi connectivity index (χ3n) is 4.04. The van der Waals surface area contributed by atoms with E-state index in [0.717, 1.165) is 20.8 Å². The van der Waals surface area contributed by atoms with Crippen LogP contribution < -0.4 is 14.2 Å². The van der Waals surface area contributed by atoms with Gasteiger partial charge in [-0.05, 0) is 36.2 Å². The highest BCUT2D eigenvalue weighted by atomic mass is 32.1. The molecule has 0 atom stereocenters. The lowest BCUT2D eigenvalue weighted by Gasteiger charge is -2.14. The van der Waals surface area contributed by atoms with Crippen LogP contribution in [0, 0.1) is 0 Å². The first-order valence-corrected chi connectivity index (χ1v) is 9.25. The summed E-state index contributed by atoms with van der Waals surface area (Å²) in [7, 11) is 4.68. The standard InChI is InChI=1S/C20H21NO5S/c1-23-15-10-13(11-16(24-2)20(15)25-3)8-9-19(22)26-12-18-21-14-6-4-5-7-17(14)27-18/h4-7,10-11H,8-9,12H2,1-3H3. The zero-order valence-corrected chi connectivity index (χ0v) is 16.3. The zero-order valence-electron chi connectivity index (χ0n) is 15.5. The first-order valence-electron chi connectivity index (χ1n) is 8.43. The summed E-state index contributed by atoms with van der Waals surface area (Å²) in [6.45, 7) is 0.188. The van der Waals surface area contributed by atoms with Crippen LogP contribution in [0.2, 0.25) is 0 Å². The molecule has 3 rings (SSSR count). The average molecular weight is 387 g/mol. The van der Waals surface area contributed by atoms with Gasteiger partial charge in [0.1, 0.15) is 11.6 Å². The van der Waals surface area contributed by atoms with Gasteiger partial charge in [-0.25, -0.2) is 4.98 Å². The maximum atomic E-state index is 12.1. The van der Waals surface area contributed by atoms with Gasteiger partial charge in [-0.15, -0.1) is 11.3 Å². The number of rotatable bonds is 8. The predicted octanol–water partition coefficient (Wildman–Crippen LogP) is 4.00. The lowest BCUT2D eigenvalue weighted by molar-refractivity contribution is -0.144. The summed E-state index contributed by atoms with van der Waals surface area (Å²) in [6.07, 6.45) is 0.763. The highest BCUT2D eigenvalue weighted by Gasteiger charge is 2.14. The molecule has 0 bridgehead atoms. The molecule has 0 saturated carbocycles. The number of aromatic nitrogens is 1. The van der Waals surface area contributed by atoms with Crippen LogP contribution in [0.15, 0.2) is 36.4 Å². The molecule has 0 aliphatic carbocycles. The van der Waals surface area contributed by atoms with Crippen LogP contribution in [0.1, 0.15) is 17.0 Å². The van der Waals surface area contributed by atoms with E-state index in [2.05, 4.69) is 4.98 Å². The van der Waals surface area contributed by atoms with Gasteiger partial charge in [0.05, 0.1) is 31.5 Å². The topological polar surface area (TPSA) is 66.9 Å². The van der Waals surface area contributed by atoms with Gasteiger partial charge in [-0.2, -0.15) is 0 Å². The van der Waals surface area contributed by atoms with Crippen molar-refractivity contribution < 1.29 is 23.7 Å². The number of methoxy groups -OCH3 is 3. The second kappa shape index (κ2) is 8.73. The highest BCUT2D eigenvalue weighted by Crippen LogP contribution is 2.38. The number of benzene rings is 2. The number of ether oxygens (including phenoxy) is 4. The number of hydrogen-bond donors (Lipinski definition) is 0. The van der Waals surface area contributed by atoms with Crippen molar-refractivity contribution in [3.8, 4) is 17.2 Å². The molecule has 1 heterocycles. The number of fused-ring (bicyclic) bond motifs is 1. The molecule has 0 aliphatic rings. The Morgan fingerprint density at radius 2 is 1.74 bits per heavy atom. The molecule has 0 unspecified atom stereocenters. The summed E-state index contributed by atoms with van der Waals surface area (Å²) in [6, 6.07) is 11.5. The van der Waals surface area contributed by atoms with Gasteiger partial charge in [0.15, 0.2) is 11.5 Å². The highest BCUT2D eigenvalue weighted by molar-refractivity contribution is 7.18. The Kier molecular flexibility index (Phi) is 6.13. The molecule has 0 N–H and O–H groups in total. The van der Waals surface area contributed by atoms with Gasteiger partial charge >= 0.3 is 5.97 Å². The van der Waals surface area contributed by atoms with E-state index in [4.69, 9.17) is 18.9 Å². The van der Waals surface area contributed by atoms with Crippen LogP contribution in [0.3, 0.4) is 0 Å². The molecular weight excluding hydrogens is 366 g/mol. The van der Waals surface area contributed by atoms with E-state index in [1.165, 1.54) is 11.3 Å². The Morgan fingerprint density at radius 1 is 1.04 bits per heavy atom. The number of nitrogens with zero attached hydrogens (tertiary/aromatic N) is 1. The number of esters is 1. The quantitative estimate of drug-likeness (QED) is 0.544. The molecule has 0 saturated heterocycles. The fraction of sp³-hybridized carbons (Fsp3) is 0.300. The number of thiazole rings is 1. The van der Waals surface area contributed by atoms with Gasteiger partial charge in [-0.1, -0.05) is 12.1 Å². The minimum absolute atomic E-state index is 0.188. The SMILES string of the molecule is COc1cc(CCC(=O)OCc2nc3ccccc3s2)cc(OC)c1OC. The molecule has 0 amide bonds. The summed E-state index contributed by atoms with van der Waals surface area (Å²) in [5.41, 5.74) is 1.83. The van der Waals surface area contributed by atoms with Crippen LogP contribution in [-0.4, -0.2) is 32.3 Å². The van der Waals surface area contributed by atoms with Crippen LogP contribution in [-0.2, 0) is 22.6 Å². The molecule has 0 aliphatic heterocycles. The van der Waals surface area contributed by atoms with Crippen molar-refractivity contribution in [2.75, 3.05) is 21.3 Å². The zero-order chi connectivity index (χ0) is 19.2. The second-order valence-corrected chi connectivity index (χ2v) is 6.88. The Balaban J connectivity index is 1.58. The van der Waals surface area contributed by atoms with Crippen molar-refractivity contribution in [3.63, 3.8) is 0 Å². The molecule has 1 aromatic heterocycles. The Bertz CT molecular complexity index is 879. The number of hydrogen-bond acceptors (Lipinski definition) is 7. The van der Waals surface area contributed by atoms with E-state index in [9.17, 15) is 4.79 Å². The molecule has 0 fully saturated rings. The monoisotopic (exact) mass is 387 g/mol. The first-order chi connectivity index (χ1) is 13.1. The van der Waals surface area contributed by atoms with Crippen LogP contribution >= 0.6 is 11.3 Å². The molecular formula is C20H21NO5S. The normalized spacial score (nSPS) is 10.6. The van der Waals surface area contributed by atoms with E-state index in [1.54, 1.807) is 21.3 Å². The summed E-state index contributed by atoms with van der Waals surface area (Å²) in [4.78, 5) is 16.6. The molecule has 142 valence electrons. The lowest BCUT2D eigenvalue weighted by Crippen LogP contribution is -2.06. The summed E-state index contributed by atoms with van der Waals surface area (Å²) in [5.74, 6) is 1.38. The molecule has 2 aromatic carbocycles. The third-order valence-corrected chi connectivity index (χ3v) is 5.05. The van der Waals surface area contributed by atoms with Crippen molar-refractivity contribution in [1.82, 2.24) is 4.98 Å². The van der Waals surface area contributed by atoms with E-state index in [-0.39, 0.29) is 19.0 Å². The maximum Gasteiger partial charge on any atom is 0.306 e. The summed E-state index contributed by atoms with van der Waals surface area (Å²) < 4.78 is 22.4. The molecule has 7 heteroatoms. The second-order valence-electron chi connectivity index (χ2n) is 5.77. The summed E-state index contributed by atoms with van der Waals surface area (Å²) in [5, 5.41) is 0.789. The van der Waals surface area contributed by atoms with Gasteiger partial charge < -0.3 is 18.9 Å². The number of para-hydroxylation sites is 1. The Labute approximate surface area is 161 Å². The van der Waals surface area contributed by atoms with E-state index >= 15 is 0 Å². The maximum absolute atomic E-state index is 12.1. The van der Waals surface area contributed by atoms with Gasteiger partial charge in [-0.3, -0.25) is 4.79 Å². The van der Waals surface area contributed by atoms with Crippen LogP contribution in [0.5, 0.6) is 17.2 Å². The minimum Gasteiger partial charge on any atom is -0.493 e. The smallest absolute Gasteiger partial charge is 0.306 e. The Morgan fingerprint density at radius 3 is 2.37 bits per heavy atom. The van der Waals surface area contributed by atoms with Gasteiger partial charge in [0.25, 0.3) is 0 Å². The number of carbonyl (C=O) groups is 1. The number of aryl methyl sites for hydroxylation is 1. The van der Waals surface area contributed by atoms with Crippen molar-refractivity contribution in [2.24, 2.45) is 0 Å². The van der Waals surface area contributed by atoms with E-state index in [1.807, 2.05) is 36.4 Å². The van der Waals surface area contributed by atoms with Crippen molar-refractivity contribution in [1.29, 1.82) is 0 Å². The minimum atomic E-state index is -0.275. The van der Waals surface area contributed by atoms with Crippen LogP contribution in [0.4, 0.5) is 0 Å². The fourth-order valence-electron chi connectivity index (χ4n) is 2.72. The van der Waals surface area contributed by atoms with Crippen molar-refractivity contribution >= 4 is 27.5 Å². The molecule has 3 aromatic rings. The third kappa shape index (κ3) is 4.49. The average Bonchev–Trinajstić information content (AvgIpc) is 3.12. The molecule has 6 nitrogen and oxygen atoms in total. The van der Waals surface area contributed by atoms with E-state index < -0.39 is 0 Å². The van der Waals surface area contributed by atoms with Gasteiger partial charge in [0, 0.05) is 6.42 Å². The first kappa shape index (κ1) is 19.0. The lowest BCUT2D eigenvalue weighted by atomic mass is 10.1.